The summed E-state index contributed by atoms with van der Waals surface area (Å²) in [6.07, 6.45) is 5.89. The lowest BCUT2D eigenvalue weighted by Crippen LogP contribution is -2.47. The molecule has 0 spiro atoms. The maximum absolute atomic E-state index is 12.3. The van der Waals surface area contributed by atoms with Gasteiger partial charge in [0.15, 0.2) is 0 Å². The number of carbonyl (C=O) groups excluding carboxylic acids is 1. The quantitative estimate of drug-likeness (QED) is 0.737. The molecule has 1 saturated heterocycles. The van der Waals surface area contributed by atoms with Crippen LogP contribution in [0.1, 0.15) is 45.4 Å². The van der Waals surface area contributed by atoms with Crippen LogP contribution >= 0.6 is 11.6 Å². The summed E-state index contributed by atoms with van der Waals surface area (Å²) < 4.78 is 5.53. The Kier molecular flexibility index (Phi) is 4.54. The molecule has 0 radical (unpaired) electrons. The van der Waals surface area contributed by atoms with Gasteiger partial charge in [0.05, 0.1) is 12.0 Å². The van der Waals surface area contributed by atoms with Gasteiger partial charge in [0.25, 0.3) is 0 Å². The van der Waals surface area contributed by atoms with Gasteiger partial charge in [0, 0.05) is 25.6 Å². The zero-order valence-corrected chi connectivity index (χ0v) is 12.2. The van der Waals surface area contributed by atoms with Gasteiger partial charge in [-0.3, -0.25) is 4.79 Å². The third-order valence-electron chi connectivity index (χ3n) is 4.71. The van der Waals surface area contributed by atoms with Gasteiger partial charge < -0.3 is 9.64 Å². The number of nitrogens with zero attached hydrogens (tertiary/aromatic N) is 1. The monoisotopic (exact) mass is 273 g/mol. The van der Waals surface area contributed by atoms with Crippen molar-refractivity contribution >= 4 is 17.5 Å². The lowest BCUT2D eigenvalue weighted by molar-refractivity contribution is -0.145. The summed E-state index contributed by atoms with van der Waals surface area (Å²) in [7, 11) is 1.73. The van der Waals surface area contributed by atoms with Gasteiger partial charge in [-0.15, -0.1) is 11.6 Å². The van der Waals surface area contributed by atoms with Crippen LogP contribution in [0.5, 0.6) is 0 Å². The van der Waals surface area contributed by atoms with Crippen molar-refractivity contribution in [1.29, 1.82) is 0 Å². The molecule has 0 N–H and O–H groups in total. The highest BCUT2D eigenvalue weighted by Crippen LogP contribution is 2.38. The molecule has 1 unspecified atom stereocenters. The Bertz CT molecular complexity index is 289. The van der Waals surface area contributed by atoms with E-state index in [1.807, 2.05) is 4.90 Å². The van der Waals surface area contributed by atoms with E-state index in [0.29, 0.717) is 12.3 Å². The highest BCUT2D eigenvalue weighted by molar-refractivity contribution is 6.20. The minimum absolute atomic E-state index is 0.145. The molecule has 0 bridgehead atoms. The van der Waals surface area contributed by atoms with Crippen LogP contribution in [-0.2, 0) is 9.53 Å². The molecule has 0 aromatic carbocycles. The molecule has 2 fully saturated rings. The highest BCUT2D eigenvalue weighted by Gasteiger charge is 2.40. The number of hydrogen-bond donors (Lipinski definition) is 0. The number of amides is 1. The van der Waals surface area contributed by atoms with Crippen LogP contribution in [0.3, 0.4) is 0 Å². The van der Waals surface area contributed by atoms with Gasteiger partial charge in [-0.25, -0.2) is 0 Å². The van der Waals surface area contributed by atoms with Gasteiger partial charge >= 0.3 is 0 Å². The molecular formula is C14H24ClNO2. The number of halogens is 1. The van der Waals surface area contributed by atoms with Crippen molar-refractivity contribution in [3.8, 4) is 0 Å². The fourth-order valence-corrected chi connectivity index (χ4v) is 3.27. The fourth-order valence-electron chi connectivity index (χ4n) is 3.02. The second-order valence-electron chi connectivity index (χ2n) is 5.81. The van der Waals surface area contributed by atoms with Crippen LogP contribution < -0.4 is 0 Å². The Hall–Kier alpha value is -0.280. The van der Waals surface area contributed by atoms with Crippen LogP contribution in [0.15, 0.2) is 0 Å². The summed E-state index contributed by atoms with van der Waals surface area (Å²) in [5.41, 5.74) is -0.145. The normalized spacial score (nSPS) is 25.6. The second kappa shape index (κ2) is 5.79. The summed E-state index contributed by atoms with van der Waals surface area (Å²) in [5, 5.41) is 0.221. The smallest absolute Gasteiger partial charge is 0.225 e. The Morgan fingerprint density at radius 1 is 1.44 bits per heavy atom. The van der Waals surface area contributed by atoms with E-state index in [-0.39, 0.29) is 16.9 Å². The van der Waals surface area contributed by atoms with E-state index in [1.165, 1.54) is 6.42 Å². The van der Waals surface area contributed by atoms with E-state index < -0.39 is 0 Å². The van der Waals surface area contributed by atoms with Crippen molar-refractivity contribution in [3.05, 3.63) is 0 Å². The Morgan fingerprint density at radius 3 is 2.44 bits per heavy atom. The van der Waals surface area contributed by atoms with Crippen LogP contribution in [0, 0.1) is 5.92 Å². The number of rotatable bonds is 4. The van der Waals surface area contributed by atoms with Gasteiger partial charge in [-0.05, 0) is 44.9 Å². The first-order chi connectivity index (χ1) is 8.56. The molecule has 2 aliphatic rings. The Balaban J connectivity index is 1.80. The lowest BCUT2D eigenvalue weighted by Gasteiger charge is -2.42. The molecule has 104 valence electrons. The van der Waals surface area contributed by atoms with Crippen molar-refractivity contribution in [2.24, 2.45) is 5.92 Å². The number of likely N-dealkylation sites (tertiary alicyclic amines) is 1. The van der Waals surface area contributed by atoms with Crippen molar-refractivity contribution < 1.29 is 9.53 Å². The van der Waals surface area contributed by atoms with Gasteiger partial charge in [-0.1, -0.05) is 0 Å². The molecule has 1 amide bonds. The van der Waals surface area contributed by atoms with E-state index in [9.17, 15) is 4.79 Å². The predicted molar refractivity (Wildman–Crippen MR) is 72.8 cm³/mol. The number of hydrogen-bond acceptors (Lipinski definition) is 2. The van der Waals surface area contributed by atoms with Gasteiger partial charge in [0.2, 0.25) is 5.91 Å². The molecule has 1 aliphatic heterocycles. The van der Waals surface area contributed by atoms with Crippen molar-refractivity contribution in [3.63, 3.8) is 0 Å². The van der Waals surface area contributed by atoms with E-state index in [1.54, 1.807) is 7.11 Å². The van der Waals surface area contributed by atoms with E-state index >= 15 is 0 Å². The zero-order valence-electron chi connectivity index (χ0n) is 11.5. The summed E-state index contributed by atoms with van der Waals surface area (Å²) in [4.78, 5) is 14.2. The maximum atomic E-state index is 12.3. The molecule has 1 atom stereocenters. The van der Waals surface area contributed by atoms with E-state index in [4.69, 9.17) is 16.3 Å². The largest absolute Gasteiger partial charge is 0.378 e. The minimum Gasteiger partial charge on any atom is -0.378 e. The fraction of sp³-hybridized carbons (Fsp3) is 0.929. The zero-order chi connectivity index (χ0) is 13.2. The van der Waals surface area contributed by atoms with E-state index in [2.05, 4.69) is 6.92 Å². The Morgan fingerprint density at radius 2 is 2.06 bits per heavy atom. The molecule has 0 aromatic heterocycles. The first-order valence-electron chi connectivity index (χ1n) is 7.03. The van der Waals surface area contributed by atoms with Gasteiger partial charge in [0.1, 0.15) is 0 Å². The maximum Gasteiger partial charge on any atom is 0.225 e. The van der Waals surface area contributed by atoms with E-state index in [0.717, 1.165) is 38.8 Å². The number of ether oxygens (including phenoxy) is 1. The highest BCUT2D eigenvalue weighted by atomic mass is 35.5. The molecule has 1 saturated carbocycles. The van der Waals surface area contributed by atoms with Crippen LogP contribution in [-0.4, -0.2) is 42.0 Å². The molecule has 4 heteroatoms. The molecular weight excluding hydrogens is 250 g/mol. The molecule has 3 nitrogen and oxygen atoms in total. The van der Waals surface area contributed by atoms with Crippen molar-refractivity contribution in [2.45, 2.75) is 56.4 Å². The number of alkyl halides is 1. The Labute approximate surface area is 115 Å². The average Bonchev–Trinajstić information content (AvgIpc) is 2.33. The summed E-state index contributed by atoms with van der Waals surface area (Å²) >= 11 is 6.12. The standard InChI is InChI=1S/C14H24ClNO2/c1-11(15)12-4-8-16(9-5-12)13(17)10-14(18-2)6-3-7-14/h11-12H,3-10H2,1-2H3. The molecule has 1 aliphatic carbocycles. The summed E-state index contributed by atoms with van der Waals surface area (Å²) in [5.74, 6) is 0.827. The second-order valence-corrected chi connectivity index (χ2v) is 6.50. The third-order valence-corrected chi connectivity index (χ3v) is 5.07. The molecule has 0 aromatic rings. The number of methoxy groups -OCH3 is 1. The first kappa shape index (κ1) is 14.1. The summed E-state index contributed by atoms with van der Waals surface area (Å²) in [6.45, 7) is 3.78. The molecule has 18 heavy (non-hydrogen) atoms. The molecule has 1 heterocycles. The number of carbonyl (C=O) groups is 1. The van der Waals surface area contributed by atoms with Crippen LogP contribution in [0.2, 0.25) is 0 Å². The SMILES string of the molecule is COC1(CC(=O)N2CCC(C(C)Cl)CC2)CCC1. The van der Waals surface area contributed by atoms with Crippen molar-refractivity contribution in [1.82, 2.24) is 4.90 Å². The third kappa shape index (κ3) is 3.00. The lowest BCUT2D eigenvalue weighted by atomic mass is 9.77. The first-order valence-corrected chi connectivity index (χ1v) is 7.47. The van der Waals surface area contributed by atoms with Crippen molar-refractivity contribution in [2.75, 3.05) is 20.2 Å². The average molecular weight is 274 g/mol. The summed E-state index contributed by atoms with van der Waals surface area (Å²) in [6, 6.07) is 0. The number of piperidine rings is 1. The van der Waals surface area contributed by atoms with Gasteiger partial charge in [-0.2, -0.15) is 0 Å². The predicted octanol–water partition coefficient (Wildman–Crippen LogP) is 2.81. The topological polar surface area (TPSA) is 29.5 Å². The van der Waals surface area contributed by atoms with Crippen LogP contribution in [0.4, 0.5) is 0 Å². The van der Waals surface area contributed by atoms with Crippen LogP contribution in [0.25, 0.3) is 0 Å². The minimum atomic E-state index is -0.145. The molecule has 2 rings (SSSR count).